The molecule has 1 fully saturated rings. The minimum Gasteiger partial charge on any atom is -0.329 e. The van der Waals surface area contributed by atoms with Gasteiger partial charge in [-0.05, 0) is 12.1 Å². The maximum absolute atomic E-state index is 12.8. The molecular weight excluding hydrogens is 378 g/mol. The maximum atomic E-state index is 12.8. The molecule has 0 aliphatic carbocycles. The van der Waals surface area contributed by atoms with Crippen molar-refractivity contribution in [2.45, 2.75) is 11.4 Å². The number of rotatable bonds is 5. The lowest BCUT2D eigenvalue weighted by Crippen LogP contribution is -3.13. The molecule has 3 rings (SSSR count). The third-order valence-corrected chi connectivity index (χ3v) is 6.76. The van der Waals surface area contributed by atoms with Gasteiger partial charge >= 0.3 is 0 Å². The van der Waals surface area contributed by atoms with Gasteiger partial charge in [-0.15, -0.1) is 0 Å². The van der Waals surface area contributed by atoms with E-state index in [1.165, 1.54) is 27.4 Å². The number of halogens is 1. The summed E-state index contributed by atoms with van der Waals surface area (Å²) in [6, 6.07) is 12.8. The number of hydrogen-bond donors (Lipinski definition) is 1. The van der Waals surface area contributed by atoms with E-state index >= 15 is 0 Å². The van der Waals surface area contributed by atoms with Gasteiger partial charge in [-0.2, -0.15) is 4.31 Å². The number of nitrogens with one attached hydrogen (secondary N) is 1. The summed E-state index contributed by atoms with van der Waals surface area (Å²) in [7, 11) is -3.73. The Labute approximate surface area is 157 Å². The molecule has 1 aliphatic heterocycles. The van der Waals surface area contributed by atoms with E-state index in [1.807, 2.05) is 24.3 Å². The summed E-state index contributed by atoms with van der Waals surface area (Å²) in [6.45, 7) is 2.78. The molecule has 9 heteroatoms. The number of nitro benzene ring substituents is 1. The maximum Gasteiger partial charge on any atom is 0.270 e. The van der Waals surface area contributed by atoms with Crippen LogP contribution in [0, 0.1) is 10.1 Å². The van der Waals surface area contributed by atoms with Crippen molar-refractivity contribution in [2.24, 2.45) is 0 Å². The SMILES string of the molecule is O=[N+]([O-])c1cccc(S(=O)(=O)N2CC[NH+](Cc3ccccc3Cl)CC2)c1. The number of non-ortho nitro benzene ring substituents is 1. The Bertz CT molecular complexity index is 912. The van der Waals surface area contributed by atoms with Gasteiger partial charge in [-0.1, -0.05) is 35.9 Å². The van der Waals surface area contributed by atoms with E-state index in [-0.39, 0.29) is 10.6 Å². The van der Waals surface area contributed by atoms with Gasteiger partial charge in [0.15, 0.2) is 0 Å². The third-order valence-electron chi connectivity index (χ3n) is 4.49. The first-order valence-electron chi connectivity index (χ1n) is 8.19. The summed E-state index contributed by atoms with van der Waals surface area (Å²) < 4.78 is 26.9. The van der Waals surface area contributed by atoms with E-state index in [0.29, 0.717) is 31.2 Å². The molecular formula is C17H19ClN3O4S+. The Balaban J connectivity index is 1.68. The topological polar surface area (TPSA) is 85.0 Å². The van der Waals surface area contributed by atoms with Gasteiger partial charge in [-0.3, -0.25) is 10.1 Å². The van der Waals surface area contributed by atoms with Gasteiger partial charge in [-0.25, -0.2) is 8.42 Å². The van der Waals surface area contributed by atoms with Crippen LogP contribution in [0.1, 0.15) is 5.56 Å². The number of sulfonamides is 1. The average molecular weight is 397 g/mol. The zero-order valence-electron chi connectivity index (χ0n) is 14.0. The number of quaternary nitrogens is 1. The molecule has 1 N–H and O–H groups in total. The highest BCUT2D eigenvalue weighted by Gasteiger charge is 2.31. The molecule has 0 saturated carbocycles. The van der Waals surface area contributed by atoms with Gasteiger partial charge < -0.3 is 4.90 Å². The number of nitro groups is 1. The zero-order valence-corrected chi connectivity index (χ0v) is 15.5. The lowest BCUT2D eigenvalue weighted by molar-refractivity contribution is -0.917. The van der Waals surface area contributed by atoms with Crippen molar-refractivity contribution >= 4 is 27.3 Å². The van der Waals surface area contributed by atoms with Crippen molar-refractivity contribution in [3.8, 4) is 0 Å². The quantitative estimate of drug-likeness (QED) is 0.610. The normalized spacial score (nSPS) is 16.5. The summed E-state index contributed by atoms with van der Waals surface area (Å²) in [4.78, 5) is 11.5. The van der Waals surface area contributed by atoms with Crippen LogP contribution in [0.3, 0.4) is 0 Å². The number of hydrogen-bond acceptors (Lipinski definition) is 4. The molecule has 0 radical (unpaired) electrons. The number of benzene rings is 2. The third kappa shape index (κ3) is 4.04. The van der Waals surface area contributed by atoms with Crippen molar-refractivity contribution in [2.75, 3.05) is 26.2 Å². The average Bonchev–Trinajstić information content (AvgIpc) is 2.64. The molecule has 1 saturated heterocycles. The minimum absolute atomic E-state index is 0.0405. The van der Waals surface area contributed by atoms with Crippen LogP contribution in [-0.4, -0.2) is 43.8 Å². The van der Waals surface area contributed by atoms with Crippen LogP contribution in [0.4, 0.5) is 5.69 Å². The number of piperazine rings is 1. The van der Waals surface area contributed by atoms with Crippen LogP contribution in [0.25, 0.3) is 0 Å². The van der Waals surface area contributed by atoms with Crippen molar-refractivity contribution in [3.05, 3.63) is 69.2 Å². The monoisotopic (exact) mass is 396 g/mol. The van der Waals surface area contributed by atoms with E-state index in [4.69, 9.17) is 11.6 Å². The van der Waals surface area contributed by atoms with E-state index in [2.05, 4.69) is 0 Å². The van der Waals surface area contributed by atoms with Crippen LogP contribution >= 0.6 is 11.6 Å². The zero-order chi connectivity index (χ0) is 18.7. The van der Waals surface area contributed by atoms with E-state index in [9.17, 15) is 18.5 Å². The molecule has 0 atom stereocenters. The van der Waals surface area contributed by atoms with Crippen LogP contribution in [-0.2, 0) is 16.6 Å². The van der Waals surface area contributed by atoms with Crippen molar-refractivity contribution in [1.29, 1.82) is 0 Å². The Kier molecular flexibility index (Phi) is 5.57. The number of nitrogens with zero attached hydrogens (tertiary/aromatic N) is 2. The molecule has 1 heterocycles. The van der Waals surface area contributed by atoms with E-state index < -0.39 is 14.9 Å². The summed E-state index contributed by atoms with van der Waals surface area (Å²) in [5.41, 5.74) is 0.813. The summed E-state index contributed by atoms with van der Waals surface area (Å²) in [6.07, 6.45) is 0. The second-order valence-electron chi connectivity index (χ2n) is 6.18. The highest BCUT2D eigenvalue weighted by atomic mass is 35.5. The fraction of sp³-hybridized carbons (Fsp3) is 0.294. The molecule has 0 aromatic heterocycles. The Hall–Kier alpha value is -2.00. The first-order valence-corrected chi connectivity index (χ1v) is 10.0. The predicted octanol–water partition coefficient (Wildman–Crippen LogP) is 1.34. The molecule has 0 unspecified atom stereocenters. The largest absolute Gasteiger partial charge is 0.329 e. The molecule has 7 nitrogen and oxygen atoms in total. The van der Waals surface area contributed by atoms with Gasteiger partial charge in [0, 0.05) is 22.7 Å². The van der Waals surface area contributed by atoms with Crippen LogP contribution in [0.15, 0.2) is 53.4 Å². The molecule has 0 amide bonds. The lowest BCUT2D eigenvalue weighted by Gasteiger charge is -2.31. The Morgan fingerprint density at radius 1 is 1.12 bits per heavy atom. The molecule has 138 valence electrons. The first-order chi connectivity index (χ1) is 12.4. The summed E-state index contributed by atoms with van der Waals surface area (Å²) in [5, 5.41) is 11.6. The first kappa shape index (κ1) is 18.8. The van der Waals surface area contributed by atoms with E-state index in [1.54, 1.807) is 0 Å². The standard InChI is InChI=1S/C17H18ClN3O4S/c18-17-7-2-1-4-14(17)13-19-8-10-20(11-9-19)26(24,25)16-6-3-5-15(12-16)21(22)23/h1-7,12H,8-11,13H2/p+1. The highest BCUT2D eigenvalue weighted by Crippen LogP contribution is 2.21. The highest BCUT2D eigenvalue weighted by molar-refractivity contribution is 7.89. The van der Waals surface area contributed by atoms with Gasteiger partial charge in [0.1, 0.15) is 6.54 Å². The second-order valence-corrected chi connectivity index (χ2v) is 8.52. The molecule has 1 aliphatic rings. The van der Waals surface area contributed by atoms with Crippen LogP contribution in [0.2, 0.25) is 5.02 Å². The minimum atomic E-state index is -3.73. The Morgan fingerprint density at radius 2 is 1.81 bits per heavy atom. The summed E-state index contributed by atoms with van der Waals surface area (Å²) in [5.74, 6) is 0. The van der Waals surface area contributed by atoms with Crippen LogP contribution < -0.4 is 4.90 Å². The lowest BCUT2D eigenvalue weighted by atomic mass is 10.2. The van der Waals surface area contributed by atoms with Crippen molar-refractivity contribution < 1.29 is 18.2 Å². The molecule has 2 aromatic rings. The molecule has 2 aromatic carbocycles. The van der Waals surface area contributed by atoms with E-state index in [0.717, 1.165) is 18.2 Å². The Morgan fingerprint density at radius 3 is 2.46 bits per heavy atom. The summed E-state index contributed by atoms with van der Waals surface area (Å²) >= 11 is 6.19. The van der Waals surface area contributed by atoms with Gasteiger partial charge in [0.05, 0.1) is 36.0 Å². The van der Waals surface area contributed by atoms with Crippen LogP contribution in [0.5, 0.6) is 0 Å². The van der Waals surface area contributed by atoms with Gasteiger partial charge in [0.25, 0.3) is 5.69 Å². The van der Waals surface area contributed by atoms with Gasteiger partial charge in [0.2, 0.25) is 10.0 Å². The second kappa shape index (κ2) is 7.71. The molecule has 26 heavy (non-hydrogen) atoms. The molecule has 0 spiro atoms. The predicted molar refractivity (Wildman–Crippen MR) is 97.7 cm³/mol. The fourth-order valence-corrected chi connectivity index (χ4v) is 4.72. The fourth-order valence-electron chi connectivity index (χ4n) is 3.04. The smallest absolute Gasteiger partial charge is 0.270 e. The van der Waals surface area contributed by atoms with Crippen molar-refractivity contribution in [1.82, 2.24) is 4.31 Å². The molecule has 0 bridgehead atoms. The van der Waals surface area contributed by atoms with Crippen molar-refractivity contribution in [3.63, 3.8) is 0 Å².